The molecule has 4 nitrogen and oxygen atoms in total. The summed E-state index contributed by atoms with van der Waals surface area (Å²) in [4.78, 5) is 6.80. The second-order valence-electron chi connectivity index (χ2n) is 2.97. The second-order valence-corrected chi connectivity index (χ2v) is 4.89. The molecule has 1 rings (SSSR count). The van der Waals surface area contributed by atoms with E-state index in [0.29, 0.717) is 6.61 Å². The Morgan fingerprint density at radius 3 is 2.50 bits per heavy atom. The fourth-order valence-corrected chi connectivity index (χ4v) is 2.78. The molecular formula is C7H15NO3S. The Morgan fingerprint density at radius 1 is 1.42 bits per heavy atom. The highest BCUT2D eigenvalue weighted by atomic mass is 32.2. The van der Waals surface area contributed by atoms with Crippen LogP contribution in [-0.4, -0.2) is 20.3 Å². The average molecular weight is 193 g/mol. The van der Waals surface area contributed by atoms with E-state index in [-0.39, 0.29) is 5.25 Å². The molecule has 0 aromatic heterocycles. The average Bonchev–Trinajstić information content (AvgIpc) is 2.53. The van der Waals surface area contributed by atoms with E-state index in [1.54, 1.807) is 6.92 Å². The lowest BCUT2D eigenvalue weighted by Gasteiger charge is -2.10. The summed E-state index contributed by atoms with van der Waals surface area (Å²) in [6, 6.07) is 0. The van der Waals surface area contributed by atoms with Crippen molar-refractivity contribution in [2.24, 2.45) is 0 Å². The van der Waals surface area contributed by atoms with E-state index in [2.05, 4.69) is 9.72 Å². The van der Waals surface area contributed by atoms with Gasteiger partial charge in [0.2, 0.25) is 10.0 Å². The molecule has 0 unspecified atom stereocenters. The predicted molar refractivity (Wildman–Crippen MR) is 45.9 cm³/mol. The van der Waals surface area contributed by atoms with Gasteiger partial charge in [-0.1, -0.05) is 17.7 Å². The molecule has 0 bridgehead atoms. The molecule has 5 heteroatoms. The van der Waals surface area contributed by atoms with Gasteiger partial charge >= 0.3 is 0 Å². The maximum Gasteiger partial charge on any atom is 0.236 e. The van der Waals surface area contributed by atoms with Crippen molar-refractivity contribution < 1.29 is 13.3 Å². The van der Waals surface area contributed by atoms with Gasteiger partial charge in [-0.2, -0.15) is 0 Å². The van der Waals surface area contributed by atoms with Gasteiger partial charge in [0.25, 0.3) is 0 Å². The molecular weight excluding hydrogens is 178 g/mol. The molecule has 0 aliphatic heterocycles. The lowest BCUT2D eigenvalue weighted by Crippen LogP contribution is -2.32. The van der Waals surface area contributed by atoms with Crippen LogP contribution >= 0.6 is 0 Å². The summed E-state index contributed by atoms with van der Waals surface area (Å²) in [5.41, 5.74) is 0. The predicted octanol–water partition coefficient (Wildman–Crippen LogP) is 0.800. The van der Waals surface area contributed by atoms with E-state index in [0.717, 1.165) is 25.7 Å². The molecule has 0 spiro atoms. The van der Waals surface area contributed by atoms with Crippen molar-refractivity contribution in [1.82, 2.24) is 4.89 Å². The Kier molecular flexibility index (Phi) is 3.49. The van der Waals surface area contributed by atoms with Crippen molar-refractivity contribution in [1.29, 1.82) is 0 Å². The summed E-state index contributed by atoms with van der Waals surface area (Å²) in [7, 11) is -3.19. The Morgan fingerprint density at radius 2 is 2.00 bits per heavy atom. The van der Waals surface area contributed by atoms with Gasteiger partial charge in [-0.05, 0) is 19.8 Å². The van der Waals surface area contributed by atoms with E-state index < -0.39 is 10.0 Å². The molecule has 0 heterocycles. The molecule has 0 radical (unpaired) electrons. The second kappa shape index (κ2) is 4.20. The summed E-state index contributed by atoms with van der Waals surface area (Å²) >= 11 is 0. The van der Waals surface area contributed by atoms with Crippen LogP contribution in [-0.2, 0) is 14.9 Å². The van der Waals surface area contributed by atoms with Gasteiger partial charge < -0.3 is 0 Å². The van der Waals surface area contributed by atoms with Crippen LogP contribution in [0.4, 0.5) is 0 Å². The highest BCUT2D eigenvalue weighted by Gasteiger charge is 2.28. The van der Waals surface area contributed by atoms with Crippen LogP contribution in [0, 0.1) is 0 Å². The number of hydrogen-bond acceptors (Lipinski definition) is 3. The van der Waals surface area contributed by atoms with Crippen LogP contribution < -0.4 is 4.89 Å². The van der Waals surface area contributed by atoms with Gasteiger partial charge in [-0.3, -0.25) is 4.84 Å². The third-order valence-corrected chi connectivity index (χ3v) is 3.76. The zero-order valence-corrected chi connectivity index (χ0v) is 8.06. The van der Waals surface area contributed by atoms with Crippen molar-refractivity contribution in [3.05, 3.63) is 0 Å². The minimum absolute atomic E-state index is 0.232. The molecule has 1 saturated carbocycles. The van der Waals surface area contributed by atoms with Gasteiger partial charge in [0.15, 0.2) is 0 Å². The molecule has 1 N–H and O–H groups in total. The molecule has 1 fully saturated rings. The first-order valence-corrected chi connectivity index (χ1v) is 5.84. The van der Waals surface area contributed by atoms with Crippen LogP contribution in [0.2, 0.25) is 0 Å². The van der Waals surface area contributed by atoms with E-state index in [4.69, 9.17) is 0 Å². The van der Waals surface area contributed by atoms with Crippen molar-refractivity contribution in [2.45, 2.75) is 37.9 Å². The largest absolute Gasteiger partial charge is 0.287 e. The summed E-state index contributed by atoms with van der Waals surface area (Å²) < 4.78 is 22.7. The fourth-order valence-electron chi connectivity index (χ4n) is 1.41. The first-order valence-electron chi connectivity index (χ1n) is 4.29. The van der Waals surface area contributed by atoms with Gasteiger partial charge in [0.1, 0.15) is 0 Å². The summed E-state index contributed by atoms with van der Waals surface area (Å²) in [6.45, 7) is 2.11. The van der Waals surface area contributed by atoms with E-state index >= 15 is 0 Å². The van der Waals surface area contributed by atoms with Gasteiger partial charge in [-0.15, -0.1) is 0 Å². The standard InChI is InChI=1S/C7H15NO3S/c1-2-11-8-12(9,10)7-5-3-4-6-7/h7-8H,2-6H2,1H3. The lowest BCUT2D eigenvalue weighted by molar-refractivity contribution is 0.104. The number of nitrogens with one attached hydrogen (secondary N) is 1. The Hall–Kier alpha value is -0.130. The highest BCUT2D eigenvalue weighted by molar-refractivity contribution is 7.90. The summed E-state index contributed by atoms with van der Waals surface area (Å²) in [5.74, 6) is 0. The molecule has 1 aliphatic rings. The monoisotopic (exact) mass is 193 g/mol. The van der Waals surface area contributed by atoms with E-state index in [1.165, 1.54) is 0 Å². The number of hydrogen-bond donors (Lipinski definition) is 1. The minimum Gasteiger partial charge on any atom is -0.287 e. The maximum atomic E-state index is 11.4. The smallest absolute Gasteiger partial charge is 0.236 e. The Balaban J connectivity index is 2.46. The molecule has 0 amide bonds. The van der Waals surface area contributed by atoms with Crippen LogP contribution in [0.3, 0.4) is 0 Å². The fraction of sp³-hybridized carbons (Fsp3) is 1.00. The number of sulfonamides is 1. The Bertz CT molecular complexity index is 219. The maximum absolute atomic E-state index is 11.4. The van der Waals surface area contributed by atoms with Crippen molar-refractivity contribution in [2.75, 3.05) is 6.61 Å². The zero-order valence-electron chi connectivity index (χ0n) is 7.25. The van der Waals surface area contributed by atoms with Gasteiger partial charge in [0.05, 0.1) is 11.9 Å². The minimum atomic E-state index is -3.19. The van der Waals surface area contributed by atoms with Crippen LogP contribution in [0.1, 0.15) is 32.6 Å². The molecule has 1 aliphatic carbocycles. The van der Waals surface area contributed by atoms with E-state index in [1.807, 2.05) is 0 Å². The zero-order chi connectivity index (χ0) is 9.03. The molecule has 0 saturated heterocycles. The van der Waals surface area contributed by atoms with Crippen LogP contribution in [0.5, 0.6) is 0 Å². The van der Waals surface area contributed by atoms with Gasteiger partial charge in [-0.25, -0.2) is 8.42 Å². The van der Waals surface area contributed by atoms with Crippen LogP contribution in [0.25, 0.3) is 0 Å². The molecule has 12 heavy (non-hydrogen) atoms. The summed E-state index contributed by atoms with van der Waals surface area (Å²) in [6.07, 6.45) is 3.56. The molecule has 72 valence electrons. The molecule has 0 aromatic rings. The van der Waals surface area contributed by atoms with E-state index in [9.17, 15) is 8.42 Å². The topological polar surface area (TPSA) is 55.4 Å². The third kappa shape index (κ3) is 2.43. The number of rotatable bonds is 4. The quantitative estimate of drug-likeness (QED) is 0.672. The molecule has 0 aromatic carbocycles. The van der Waals surface area contributed by atoms with Crippen molar-refractivity contribution >= 4 is 10.0 Å². The van der Waals surface area contributed by atoms with Gasteiger partial charge in [0, 0.05) is 0 Å². The SMILES string of the molecule is CCONS(=O)(=O)C1CCCC1. The Labute approximate surface area is 73.3 Å². The van der Waals surface area contributed by atoms with Crippen molar-refractivity contribution in [3.8, 4) is 0 Å². The first-order chi connectivity index (χ1) is 5.67. The highest BCUT2D eigenvalue weighted by Crippen LogP contribution is 2.23. The normalized spacial score (nSPS) is 20.1. The summed E-state index contributed by atoms with van der Waals surface area (Å²) in [5, 5.41) is -0.232. The van der Waals surface area contributed by atoms with Crippen LogP contribution in [0.15, 0.2) is 0 Å². The third-order valence-electron chi connectivity index (χ3n) is 2.06. The molecule has 0 atom stereocenters. The lowest BCUT2D eigenvalue weighted by atomic mass is 10.4. The van der Waals surface area contributed by atoms with Crippen molar-refractivity contribution in [3.63, 3.8) is 0 Å². The first kappa shape index (κ1) is 9.95.